The zero-order valence-electron chi connectivity index (χ0n) is 11.9. The highest BCUT2D eigenvalue weighted by molar-refractivity contribution is 6.30. The van der Waals surface area contributed by atoms with E-state index in [0.717, 1.165) is 19.3 Å². The molecule has 1 unspecified atom stereocenters. The standard InChI is InChI=1S/C16H20ClNO3/c17-11-4-5-12(13(19)8-11)18-15(20)14-9-16(10-21-14)6-2-1-3-7-16/h4-5,8,14,19H,1-3,6-7,9-10H2,(H,18,20). The van der Waals surface area contributed by atoms with Crippen LogP contribution in [0.15, 0.2) is 18.2 Å². The Labute approximate surface area is 129 Å². The lowest BCUT2D eigenvalue weighted by molar-refractivity contribution is -0.124. The zero-order valence-corrected chi connectivity index (χ0v) is 12.7. The average molecular weight is 310 g/mol. The van der Waals surface area contributed by atoms with E-state index in [9.17, 15) is 9.90 Å². The SMILES string of the molecule is O=C(Nc1ccc(Cl)cc1O)C1CC2(CCCCC2)CO1. The van der Waals surface area contributed by atoms with Crippen molar-refractivity contribution in [3.05, 3.63) is 23.2 Å². The van der Waals surface area contributed by atoms with Crippen LogP contribution >= 0.6 is 11.6 Å². The van der Waals surface area contributed by atoms with Gasteiger partial charge in [0.1, 0.15) is 11.9 Å². The highest BCUT2D eigenvalue weighted by Crippen LogP contribution is 2.45. The van der Waals surface area contributed by atoms with Crippen molar-refractivity contribution < 1.29 is 14.6 Å². The number of carbonyl (C=O) groups is 1. The second-order valence-corrected chi connectivity index (χ2v) is 6.65. The van der Waals surface area contributed by atoms with Gasteiger partial charge >= 0.3 is 0 Å². The molecule has 3 rings (SSSR count). The van der Waals surface area contributed by atoms with Crippen LogP contribution in [0.3, 0.4) is 0 Å². The third-order valence-corrected chi connectivity index (χ3v) is 4.87. The Hall–Kier alpha value is -1.26. The number of amides is 1. The molecule has 1 atom stereocenters. The van der Waals surface area contributed by atoms with E-state index in [1.54, 1.807) is 12.1 Å². The van der Waals surface area contributed by atoms with E-state index in [2.05, 4.69) is 5.32 Å². The van der Waals surface area contributed by atoms with Gasteiger partial charge in [0.15, 0.2) is 0 Å². The highest BCUT2D eigenvalue weighted by atomic mass is 35.5. The van der Waals surface area contributed by atoms with Crippen LogP contribution in [0.25, 0.3) is 0 Å². The first-order valence-corrected chi connectivity index (χ1v) is 7.87. The number of aromatic hydroxyl groups is 1. The minimum Gasteiger partial charge on any atom is -0.506 e. The van der Waals surface area contributed by atoms with E-state index in [1.807, 2.05) is 0 Å². The fourth-order valence-electron chi connectivity index (χ4n) is 3.43. The number of anilines is 1. The van der Waals surface area contributed by atoms with Crippen molar-refractivity contribution in [2.45, 2.75) is 44.6 Å². The van der Waals surface area contributed by atoms with E-state index in [0.29, 0.717) is 17.3 Å². The lowest BCUT2D eigenvalue weighted by Gasteiger charge is -2.31. The normalized spacial score (nSPS) is 24.1. The number of phenolic OH excluding ortho intramolecular Hbond substituents is 1. The first-order chi connectivity index (χ1) is 10.1. The Bertz CT molecular complexity index is 540. The first kappa shape index (κ1) is 14.7. The predicted molar refractivity (Wildman–Crippen MR) is 81.6 cm³/mol. The zero-order chi connectivity index (χ0) is 14.9. The van der Waals surface area contributed by atoms with E-state index in [-0.39, 0.29) is 17.1 Å². The number of rotatable bonds is 2. The smallest absolute Gasteiger partial charge is 0.253 e. The largest absolute Gasteiger partial charge is 0.506 e. The van der Waals surface area contributed by atoms with E-state index < -0.39 is 6.10 Å². The fraction of sp³-hybridized carbons (Fsp3) is 0.562. The summed E-state index contributed by atoms with van der Waals surface area (Å²) in [4.78, 5) is 12.3. The van der Waals surface area contributed by atoms with Crippen LogP contribution in [-0.4, -0.2) is 23.7 Å². The molecular formula is C16H20ClNO3. The van der Waals surface area contributed by atoms with Gasteiger partial charge in [-0.05, 0) is 36.8 Å². The summed E-state index contributed by atoms with van der Waals surface area (Å²) in [5, 5.41) is 12.9. The van der Waals surface area contributed by atoms with Crippen molar-refractivity contribution in [3.8, 4) is 5.75 Å². The monoisotopic (exact) mass is 309 g/mol. The summed E-state index contributed by atoms with van der Waals surface area (Å²) in [7, 11) is 0. The average Bonchev–Trinajstić information content (AvgIpc) is 2.86. The Morgan fingerprint density at radius 1 is 1.33 bits per heavy atom. The first-order valence-electron chi connectivity index (χ1n) is 7.49. The van der Waals surface area contributed by atoms with Crippen molar-refractivity contribution in [1.29, 1.82) is 0 Å². The molecule has 1 spiro atoms. The molecule has 2 aliphatic rings. The van der Waals surface area contributed by atoms with Crippen LogP contribution in [-0.2, 0) is 9.53 Å². The molecule has 1 heterocycles. The summed E-state index contributed by atoms with van der Waals surface area (Å²) in [6.45, 7) is 0.678. The van der Waals surface area contributed by atoms with Crippen molar-refractivity contribution in [3.63, 3.8) is 0 Å². The Morgan fingerprint density at radius 3 is 2.81 bits per heavy atom. The molecule has 1 aliphatic carbocycles. The molecule has 1 saturated carbocycles. The van der Waals surface area contributed by atoms with Crippen LogP contribution in [0.5, 0.6) is 5.75 Å². The van der Waals surface area contributed by atoms with Gasteiger partial charge in [-0.1, -0.05) is 30.9 Å². The van der Waals surface area contributed by atoms with Crippen LogP contribution in [0.4, 0.5) is 5.69 Å². The maximum absolute atomic E-state index is 12.3. The molecule has 4 nitrogen and oxygen atoms in total. The second-order valence-electron chi connectivity index (χ2n) is 6.22. The van der Waals surface area contributed by atoms with Crippen molar-refractivity contribution in [1.82, 2.24) is 0 Å². The summed E-state index contributed by atoms with van der Waals surface area (Å²) >= 11 is 5.78. The fourth-order valence-corrected chi connectivity index (χ4v) is 3.60. The molecule has 1 saturated heterocycles. The number of hydrogen-bond donors (Lipinski definition) is 2. The number of carbonyl (C=O) groups excluding carboxylic acids is 1. The van der Waals surface area contributed by atoms with Crippen LogP contribution in [0, 0.1) is 5.41 Å². The minimum absolute atomic E-state index is 0.0266. The van der Waals surface area contributed by atoms with Gasteiger partial charge in [0.25, 0.3) is 5.91 Å². The maximum atomic E-state index is 12.3. The third-order valence-electron chi connectivity index (χ3n) is 4.63. The highest BCUT2D eigenvalue weighted by Gasteiger charge is 2.43. The van der Waals surface area contributed by atoms with Crippen molar-refractivity contribution in [2.75, 3.05) is 11.9 Å². The van der Waals surface area contributed by atoms with E-state index >= 15 is 0 Å². The predicted octanol–water partition coefficient (Wildman–Crippen LogP) is 3.72. The molecule has 114 valence electrons. The Balaban J connectivity index is 1.64. The number of phenols is 1. The van der Waals surface area contributed by atoms with Crippen molar-refractivity contribution >= 4 is 23.2 Å². The van der Waals surface area contributed by atoms with E-state index in [1.165, 1.54) is 25.3 Å². The number of nitrogens with one attached hydrogen (secondary N) is 1. The van der Waals surface area contributed by atoms with Gasteiger partial charge in [-0.3, -0.25) is 4.79 Å². The molecule has 1 aromatic rings. The van der Waals surface area contributed by atoms with Gasteiger partial charge in [0.2, 0.25) is 0 Å². The molecule has 5 heteroatoms. The van der Waals surface area contributed by atoms with Crippen LogP contribution in [0.2, 0.25) is 5.02 Å². The molecule has 2 N–H and O–H groups in total. The molecule has 1 amide bonds. The summed E-state index contributed by atoms with van der Waals surface area (Å²) in [6, 6.07) is 4.64. The summed E-state index contributed by atoms with van der Waals surface area (Å²) in [5.74, 6) is -0.212. The maximum Gasteiger partial charge on any atom is 0.253 e. The van der Waals surface area contributed by atoms with Gasteiger partial charge in [-0.2, -0.15) is 0 Å². The lowest BCUT2D eigenvalue weighted by atomic mass is 9.73. The quantitative estimate of drug-likeness (QED) is 0.819. The van der Waals surface area contributed by atoms with Crippen LogP contribution < -0.4 is 5.32 Å². The number of ether oxygens (including phenoxy) is 1. The van der Waals surface area contributed by atoms with Gasteiger partial charge < -0.3 is 15.2 Å². The molecule has 1 aromatic carbocycles. The molecule has 2 fully saturated rings. The number of halogens is 1. The topological polar surface area (TPSA) is 58.6 Å². The molecule has 0 aromatic heterocycles. The molecule has 0 bridgehead atoms. The van der Waals surface area contributed by atoms with Gasteiger partial charge in [-0.15, -0.1) is 0 Å². The van der Waals surface area contributed by atoms with Crippen LogP contribution in [0.1, 0.15) is 38.5 Å². The summed E-state index contributed by atoms with van der Waals surface area (Å²) in [6.07, 6.45) is 6.43. The molecule has 0 radical (unpaired) electrons. The summed E-state index contributed by atoms with van der Waals surface area (Å²) in [5.41, 5.74) is 0.569. The molecule has 21 heavy (non-hydrogen) atoms. The molecular weight excluding hydrogens is 290 g/mol. The molecule has 1 aliphatic heterocycles. The minimum atomic E-state index is -0.418. The Morgan fingerprint density at radius 2 is 2.10 bits per heavy atom. The third kappa shape index (κ3) is 3.16. The number of benzene rings is 1. The number of hydrogen-bond acceptors (Lipinski definition) is 3. The summed E-state index contributed by atoms with van der Waals surface area (Å²) < 4.78 is 5.72. The van der Waals surface area contributed by atoms with Gasteiger partial charge in [-0.25, -0.2) is 0 Å². The van der Waals surface area contributed by atoms with Crippen molar-refractivity contribution in [2.24, 2.45) is 5.41 Å². The lowest BCUT2D eigenvalue weighted by Crippen LogP contribution is -2.29. The Kier molecular flexibility index (Phi) is 4.09. The second kappa shape index (κ2) is 5.85. The van der Waals surface area contributed by atoms with Gasteiger partial charge in [0, 0.05) is 11.1 Å². The van der Waals surface area contributed by atoms with Gasteiger partial charge in [0.05, 0.1) is 12.3 Å². The van der Waals surface area contributed by atoms with E-state index in [4.69, 9.17) is 16.3 Å².